The average molecular weight is 312 g/mol. The Morgan fingerprint density at radius 3 is 2.89 bits per heavy atom. The van der Waals surface area contributed by atoms with E-state index in [1.54, 1.807) is 7.05 Å². The van der Waals surface area contributed by atoms with Gasteiger partial charge in [-0.15, -0.1) is 0 Å². The highest BCUT2D eigenvalue weighted by atomic mass is 79.9. The molecule has 0 spiro atoms. The van der Waals surface area contributed by atoms with E-state index in [9.17, 15) is 4.39 Å². The van der Waals surface area contributed by atoms with Crippen molar-refractivity contribution < 1.29 is 9.13 Å². The van der Waals surface area contributed by atoms with Crippen LogP contribution in [0, 0.1) is 5.82 Å². The van der Waals surface area contributed by atoms with Gasteiger partial charge in [-0.25, -0.2) is 4.98 Å². The van der Waals surface area contributed by atoms with Crippen LogP contribution in [0.4, 0.5) is 10.3 Å². The van der Waals surface area contributed by atoms with Crippen molar-refractivity contribution in [1.29, 1.82) is 0 Å². The number of nitrogens with zero attached hydrogens (tertiary/aromatic N) is 2. The quantitative estimate of drug-likeness (QED) is 0.943. The molecule has 6 heteroatoms. The van der Waals surface area contributed by atoms with Crippen LogP contribution in [-0.4, -0.2) is 17.0 Å². The first-order valence-corrected chi connectivity index (χ1v) is 6.06. The van der Waals surface area contributed by atoms with Gasteiger partial charge >= 0.3 is 0 Å². The summed E-state index contributed by atoms with van der Waals surface area (Å²) in [6.07, 6.45) is 1.08. The molecule has 1 aromatic carbocycles. The lowest BCUT2D eigenvalue weighted by molar-refractivity contribution is 0.276. The van der Waals surface area contributed by atoms with Gasteiger partial charge in [0.05, 0.1) is 6.20 Å². The first-order valence-electron chi connectivity index (χ1n) is 5.27. The predicted molar refractivity (Wildman–Crippen MR) is 70.0 cm³/mol. The third kappa shape index (κ3) is 2.95. The van der Waals surface area contributed by atoms with Gasteiger partial charge in [-0.1, -0.05) is 34.1 Å². The molecule has 1 N–H and O–H groups in total. The number of halogens is 2. The predicted octanol–water partition coefficient (Wildman–Crippen LogP) is 3.00. The van der Waals surface area contributed by atoms with Crippen molar-refractivity contribution in [3.05, 3.63) is 46.3 Å². The van der Waals surface area contributed by atoms with Gasteiger partial charge < -0.3 is 10.1 Å². The minimum Gasteiger partial charge on any atom is -0.471 e. The van der Waals surface area contributed by atoms with Crippen LogP contribution in [-0.2, 0) is 6.61 Å². The summed E-state index contributed by atoms with van der Waals surface area (Å²) < 4.78 is 19.7. The van der Waals surface area contributed by atoms with E-state index in [1.165, 1.54) is 0 Å². The van der Waals surface area contributed by atoms with Gasteiger partial charge in [-0.3, -0.25) is 0 Å². The van der Waals surface area contributed by atoms with E-state index in [1.807, 2.05) is 24.3 Å². The normalized spacial score (nSPS) is 10.2. The van der Waals surface area contributed by atoms with Crippen LogP contribution in [0.3, 0.4) is 0 Å². The zero-order valence-electron chi connectivity index (χ0n) is 9.65. The first-order chi connectivity index (χ1) is 8.70. The fraction of sp³-hybridized carbons (Fsp3) is 0.167. The van der Waals surface area contributed by atoms with E-state index in [2.05, 4.69) is 31.2 Å². The van der Waals surface area contributed by atoms with E-state index < -0.39 is 5.82 Å². The number of hydrogen-bond donors (Lipinski definition) is 1. The van der Waals surface area contributed by atoms with Crippen molar-refractivity contribution in [2.24, 2.45) is 0 Å². The standard InChI is InChI=1S/C12H11BrFN3O/c1-15-12-16-6-10(14)11(17-12)18-7-8-4-2-3-5-9(8)13/h2-6H,7H2,1H3,(H,15,16,17). The Balaban J connectivity index is 2.13. The maximum atomic E-state index is 13.4. The second kappa shape index (κ2) is 5.77. The highest BCUT2D eigenvalue weighted by Crippen LogP contribution is 2.20. The summed E-state index contributed by atoms with van der Waals surface area (Å²) in [5, 5.41) is 2.73. The zero-order chi connectivity index (χ0) is 13.0. The van der Waals surface area contributed by atoms with Gasteiger partial charge in [-0.05, 0) is 6.07 Å². The highest BCUT2D eigenvalue weighted by Gasteiger charge is 2.08. The van der Waals surface area contributed by atoms with Crippen molar-refractivity contribution in [2.75, 3.05) is 12.4 Å². The van der Waals surface area contributed by atoms with Crippen LogP contribution in [0.2, 0.25) is 0 Å². The molecular weight excluding hydrogens is 301 g/mol. The minimum absolute atomic E-state index is 0.0647. The molecule has 2 aromatic rings. The Kier molecular flexibility index (Phi) is 4.09. The summed E-state index contributed by atoms with van der Waals surface area (Å²) >= 11 is 3.40. The third-order valence-electron chi connectivity index (χ3n) is 2.26. The molecule has 2 rings (SSSR count). The molecule has 0 saturated carbocycles. The molecule has 0 aliphatic carbocycles. The summed E-state index contributed by atoms with van der Waals surface area (Å²) in [6.45, 7) is 0.235. The monoisotopic (exact) mass is 311 g/mol. The number of hydrogen-bond acceptors (Lipinski definition) is 4. The SMILES string of the molecule is CNc1ncc(F)c(OCc2ccccc2Br)n1. The van der Waals surface area contributed by atoms with Gasteiger partial charge in [0.25, 0.3) is 5.88 Å². The Bertz CT molecular complexity index is 551. The second-order valence-electron chi connectivity index (χ2n) is 3.48. The Morgan fingerprint density at radius 1 is 1.39 bits per heavy atom. The molecule has 0 amide bonds. The molecule has 94 valence electrons. The number of anilines is 1. The van der Waals surface area contributed by atoms with Crippen LogP contribution in [0.25, 0.3) is 0 Å². The fourth-order valence-electron chi connectivity index (χ4n) is 1.33. The Hall–Kier alpha value is -1.69. The molecule has 0 saturated heterocycles. The summed E-state index contributed by atoms with van der Waals surface area (Å²) in [5.74, 6) is -0.329. The molecule has 4 nitrogen and oxygen atoms in total. The Morgan fingerprint density at radius 2 is 2.17 bits per heavy atom. The fourth-order valence-corrected chi connectivity index (χ4v) is 1.73. The average Bonchev–Trinajstić information content (AvgIpc) is 2.39. The largest absolute Gasteiger partial charge is 0.471 e. The molecule has 1 heterocycles. The number of nitrogens with one attached hydrogen (secondary N) is 1. The number of aromatic nitrogens is 2. The smallest absolute Gasteiger partial charge is 0.255 e. The highest BCUT2D eigenvalue weighted by molar-refractivity contribution is 9.10. The lowest BCUT2D eigenvalue weighted by Gasteiger charge is -2.08. The molecular formula is C12H11BrFN3O. The second-order valence-corrected chi connectivity index (χ2v) is 4.33. The van der Waals surface area contributed by atoms with Gasteiger partial charge in [-0.2, -0.15) is 9.37 Å². The molecule has 18 heavy (non-hydrogen) atoms. The van der Waals surface area contributed by atoms with E-state index >= 15 is 0 Å². The van der Waals surface area contributed by atoms with Crippen molar-refractivity contribution >= 4 is 21.9 Å². The maximum Gasteiger partial charge on any atom is 0.255 e. The third-order valence-corrected chi connectivity index (χ3v) is 3.03. The minimum atomic E-state index is -0.582. The van der Waals surface area contributed by atoms with Crippen molar-refractivity contribution in [3.8, 4) is 5.88 Å². The molecule has 0 aliphatic heterocycles. The van der Waals surface area contributed by atoms with Crippen molar-refractivity contribution in [3.63, 3.8) is 0 Å². The number of ether oxygens (including phenoxy) is 1. The van der Waals surface area contributed by atoms with Crippen molar-refractivity contribution in [2.45, 2.75) is 6.61 Å². The summed E-state index contributed by atoms with van der Waals surface area (Å²) in [4.78, 5) is 7.64. The first kappa shape index (κ1) is 12.8. The van der Waals surface area contributed by atoms with E-state index in [4.69, 9.17) is 4.74 Å². The molecule has 1 aromatic heterocycles. The molecule has 0 atom stereocenters. The van der Waals surface area contributed by atoms with Crippen LogP contribution in [0.1, 0.15) is 5.56 Å². The van der Waals surface area contributed by atoms with Gasteiger partial charge in [0, 0.05) is 17.1 Å². The van der Waals surface area contributed by atoms with E-state index in [0.717, 1.165) is 16.2 Å². The number of rotatable bonds is 4. The van der Waals surface area contributed by atoms with Crippen LogP contribution in [0.5, 0.6) is 5.88 Å². The van der Waals surface area contributed by atoms with Crippen LogP contribution >= 0.6 is 15.9 Å². The zero-order valence-corrected chi connectivity index (χ0v) is 11.2. The van der Waals surface area contributed by atoms with E-state index in [-0.39, 0.29) is 12.5 Å². The topological polar surface area (TPSA) is 47.0 Å². The number of benzene rings is 1. The summed E-state index contributed by atoms with van der Waals surface area (Å²) in [6, 6.07) is 7.58. The van der Waals surface area contributed by atoms with Gasteiger partial charge in [0.15, 0.2) is 0 Å². The summed E-state index contributed by atoms with van der Waals surface area (Å²) in [5.41, 5.74) is 0.918. The van der Waals surface area contributed by atoms with Crippen LogP contribution < -0.4 is 10.1 Å². The Labute approximate surface area is 112 Å². The molecule has 0 bridgehead atoms. The van der Waals surface area contributed by atoms with Crippen molar-refractivity contribution in [1.82, 2.24) is 9.97 Å². The molecule has 0 unspecified atom stereocenters. The maximum absolute atomic E-state index is 13.4. The lowest BCUT2D eigenvalue weighted by Crippen LogP contribution is -2.04. The molecule has 0 radical (unpaired) electrons. The summed E-state index contributed by atoms with van der Waals surface area (Å²) in [7, 11) is 1.66. The molecule has 0 fully saturated rings. The van der Waals surface area contributed by atoms with Gasteiger partial charge in [0.1, 0.15) is 6.61 Å². The van der Waals surface area contributed by atoms with E-state index in [0.29, 0.717) is 5.95 Å². The van der Waals surface area contributed by atoms with Crippen LogP contribution in [0.15, 0.2) is 34.9 Å². The lowest BCUT2D eigenvalue weighted by atomic mass is 10.2. The molecule has 0 aliphatic rings. The van der Waals surface area contributed by atoms with Gasteiger partial charge in [0.2, 0.25) is 11.8 Å².